The highest BCUT2D eigenvalue weighted by molar-refractivity contribution is 6.07. The molecule has 7 heteroatoms. The molecule has 0 saturated carbocycles. The standard InChI is InChI=1S/C20H26N4O3/c1-4-23(3)18-16-9-7-6-8-15(16)17(21-22-18)19(25)24-12-10-14(11-13-24)20(26)27-5-2/h6-9,14H,4-5,10-13H2,1-3H3. The second-order valence-corrected chi connectivity index (χ2v) is 6.75. The molecule has 2 aromatic rings. The monoisotopic (exact) mass is 370 g/mol. The number of hydrogen-bond donors (Lipinski definition) is 0. The van der Waals surface area contributed by atoms with E-state index in [1.165, 1.54) is 0 Å². The molecule has 1 amide bonds. The van der Waals surface area contributed by atoms with E-state index in [0.717, 1.165) is 23.1 Å². The van der Waals surface area contributed by atoms with Gasteiger partial charge < -0.3 is 14.5 Å². The molecule has 1 aromatic heterocycles. The smallest absolute Gasteiger partial charge is 0.309 e. The van der Waals surface area contributed by atoms with Crippen LogP contribution in [0.25, 0.3) is 10.8 Å². The van der Waals surface area contributed by atoms with E-state index in [0.29, 0.717) is 38.2 Å². The molecule has 0 atom stereocenters. The molecule has 1 aliphatic heterocycles. The Hall–Kier alpha value is -2.70. The number of carbonyl (C=O) groups excluding carboxylic acids is 2. The molecule has 1 aliphatic rings. The van der Waals surface area contributed by atoms with Crippen LogP contribution in [0.5, 0.6) is 0 Å². The highest BCUT2D eigenvalue weighted by Gasteiger charge is 2.30. The zero-order valence-corrected chi connectivity index (χ0v) is 16.1. The first-order valence-electron chi connectivity index (χ1n) is 9.49. The summed E-state index contributed by atoms with van der Waals surface area (Å²) < 4.78 is 5.10. The van der Waals surface area contributed by atoms with Gasteiger partial charge in [0.25, 0.3) is 5.91 Å². The summed E-state index contributed by atoms with van der Waals surface area (Å²) in [5, 5.41) is 10.3. The zero-order chi connectivity index (χ0) is 19.4. The summed E-state index contributed by atoms with van der Waals surface area (Å²) in [6.45, 7) is 6.08. The lowest BCUT2D eigenvalue weighted by Gasteiger charge is -2.30. The number of rotatable bonds is 5. The Bertz CT molecular complexity index is 831. The zero-order valence-electron chi connectivity index (χ0n) is 16.1. The number of nitrogens with zero attached hydrogens (tertiary/aromatic N) is 4. The minimum absolute atomic E-state index is 0.127. The molecular weight excluding hydrogens is 344 g/mol. The number of anilines is 1. The van der Waals surface area contributed by atoms with Gasteiger partial charge in [-0.1, -0.05) is 24.3 Å². The first-order valence-corrected chi connectivity index (χ1v) is 9.49. The molecule has 0 radical (unpaired) electrons. The molecule has 0 aliphatic carbocycles. The fraction of sp³-hybridized carbons (Fsp3) is 0.500. The second kappa shape index (κ2) is 8.33. The Morgan fingerprint density at radius 1 is 1.15 bits per heavy atom. The third kappa shape index (κ3) is 3.86. The number of likely N-dealkylation sites (tertiary alicyclic amines) is 1. The van der Waals surface area contributed by atoms with E-state index in [2.05, 4.69) is 10.2 Å². The van der Waals surface area contributed by atoms with Crippen molar-refractivity contribution in [3.05, 3.63) is 30.0 Å². The highest BCUT2D eigenvalue weighted by atomic mass is 16.5. The van der Waals surface area contributed by atoms with Gasteiger partial charge in [0.05, 0.1) is 12.5 Å². The molecule has 3 rings (SSSR count). The van der Waals surface area contributed by atoms with E-state index < -0.39 is 0 Å². The molecule has 144 valence electrons. The van der Waals surface area contributed by atoms with Crippen LogP contribution < -0.4 is 4.90 Å². The fourth-order valence-electron chi connectivity index (χ4n) is 3.41. The van der Waals surface area contributed by atoms with Crippen molar-refractivity contribution < 1.29 is 14.3 Å². The molecule has 0 N–H and O–H groups in total. The topological polar surface area (TPSA) is 75.6 Å². The number of piperidine rings is 1. The molecule has 7 nitrogen and oxygen atoms in total. The van der Waals surface area contributed by atoms with Gasteiger partial charge in [-0.05, 0) is 26.7 Å². The highest BCUT2D eigenvalue weighted by Crippen LogP contribution is 2.27. The van der Waals surface area contributed by atoms with Gasteiger partial charge in [0.15, 0.2) is 11.5 Å². The van der Waals surface area contributed by atoms with E-state index in [1.54, 1.807) is 11.8 Å². The van der Waals surface area contributed by atoms with E-state index in [4.69, 9.17) is 4.74 Å². The number of amides is 1. The van der Waals surface area contributed by atoms with Crippen LogP contribution in [0.3, 0.4) is 0 Å². The third-order valence-electron chi connectivity index (χ3n) is 5.11. The summed E-state index contributed by atoms with van der Waals surface area (Å²) in [4.78, 5) is 28.7. The number of hydrogen-bond acceptors (Lipinski definition) is 6. The second-order valence-electron chi connectivity index (χ2n) is 6.75. The van der Waals surface area contributed by atoms with Gasteiger partial charge in [0, 0.05) is 37.5 Å². The lowest BCUT2D eigenvalue weighted by atomic mass is 9.96. The molecule has 0 spiro atoms. The number of benzene rings is 1. The Morgan fingerprint density at radius 3 is 2.44 bits per heavy atom. The summed E-state index contributed by atoms with van der Waals surface area (Å²) in [7, 11) is 1.96. The SMILES string of the molecule is CCOC(=O)C1CCN(C(=O)c2nnc(N(C)CC)c3ccccc23)CC1. The first-order chi connectivity index (χ1) is 13.1. The van der Waals surface area contributed by atoms with Gasteiger partial charge in [-0.3, -0.25) is 9.59 Å². The van der Waals surface area contributed by atoms with Crippen molar-refractivity contribution in [2.75, 3.05) is 38.2 Å². The normalized spacial score (nSPS) is 15.0. The summed E-state index contributed by atoms with van der Waals surface area (Å²) in [5.41, 5.74) is 0.369. The molecule has 0 unspecified atom stereocenters. The maximum absolute atomic E-state index is 13.1. The number of carbonyl (C=O) groups is 2. The summed E-state index contributed by atoms with van der Waals surface area (Å²) in [6.07, 6.45) is 1.24. The van der Waals surface area contributed by atoms with Crippen molar-refractivity contribution in [2.45, 2.75) is 26.7 Å². The van der Waals surface area contributed by atoms with Gasteiger partial charge in [-0.2, -0.15) is 0 Å². The Morgan fingerprint density at radius 2 is 1.81 bits per heavy atom. The van der Waals surface area contributed by atoms with Crippen molar-refractivity contribution in [1.29, 1.82) is 0 Å². The van der Waals surface area contributed by atoms with Crippen molar-refractivity contribution in [3.8, 4) is 0 Å². The average molecular weight is 370 g/mol. The molecule has 27 heavy (non-hydrogen) atoms. The minimum Gasteiger partial charge on any atom is -0.466 e. The minimum atomic E-state index is -0.165. The largest absolute Gasteiger partial charge is 0.466 e. The van der Waals surface area contributed by atoms with Gasteiger partial charge in [-0.15, -0.1) is 10.2 Å². The Labute approximate surface area is 159 Å². The fourth-order valence-corrected chi connectivity index (χ4v) is 3.41. The number of ether oxygens (including phenoxy) is 1. The van der Waals surface area contributed by atoms with Gasteiger partial charge >= 0.3 is 5.97 Å². The maximum atomic E-state index is 13.1. The van der Waals surface area contributed by atoms with E-state index in [1.807, 2.05) is 43.1 Å². The predicted octanol–water partition coefficient (Wildman–Crippen LogP) is 2.50. The molecule has 0 bridgehead atoms. The van der Waals surface area contributed by atoms with Crippen LogP contribution in [0.15, 0.2) is 24.3 Å². The van der Waals surface area contributed by atoms with Crippen molar-refractivity contribution >= 4 is 28.5 Å². The van der Waals surface area contributed by atoms with E-state index in [9.17, 15) is 9.59 Å². The Kier molecular flexibility index (Phi) is 5.88. The van der Waals surface area contributed by atoms with Crippen LogP contribution >= 0.6 is 0 Å². The van der Waals surface area contributed by atoms with Crippen molar-refractivity contribution in [1.82, 2.24) is 15.1 Å². The lowest BCUT2D eigenvalue weighted by molar-refractivity contribution is -0.149. The summed E-state index contributed by atoms with van der Waals surface area (Å²) in [6, 6.07) is 7.73. The number of aromatic nitrogens is 2. The molecule has 1 aromatic carbocycles. The maximum Gasteiger partial charge on any atom is 0.309 e. The van der Waals surface area contributed by atoms with Crippen LogP contribution in [-0.2, 0) is 9.53 Å². The van der Waals surface area contributed by atoms with Crippen LogP contribution in [0.4, 0.5) is 5.82 Å². The van der Waals surface area contributed by atoms with Crippen LogP contribution in [0.2, 0.25) is 0 Å². The summed E-state index contributed by atoms with van der Waals surface area (Å²) >= 11 is 0. The van der Waals surface area contributed by atoms with Gasteiger partial charge in [0.2, 0.25) is 0 Å². The van der Waals surface area contributed by atoms with Gasteiger partial charge in [-0.25, -0.2) is 0 Å². The Balaban J connectivity index is 1.82. The van der Waals surface area contributed by atoms with Crippen molar-refractivity contribution in [3.63, 3.8) is 0 Å². The summed E-state index contributed by atoms with van der Waals surface area (Å²) in [5.74, 6) is 0.344. The molecule has 1 fully saturated rings. The average Bonchev–Trinajstić information content (AvgIpc) is 2.72. The van der Waals surface area contributed by atoms with E-state index >= 15 is 0 Å². The molecular formula is C20H26N4O3. The number of esters is 1. The van der Waals surface area contributed by atoms with E-state index in [-0.39, 0.29) is 17.8 Å². The number of fused-ring (bicyclic) bond motifs is 1. The lowest BCUT2D eigenvalue weighted by Crippen LogP contribution is -2.41. The third-order valence-corrected chi connectivity index (χ3v) is 5.11. The van der Waals surface area contributed by atoms with Crippen LogP contribution in [0, 0.1) is 5.92 Å². The van der Waals surface area contributed by atoms with Crippen LogP contribution in [-0.4, -0.2) is 60.3 Å². The van der Waals surface area contributed by atoms with Gasteiger partial charge in [0.1, 0.15) is 0 Å². The molecule has 2 heterocycles. The predicted molar refractivity (Wildman–Crippen MR) is 104 cm³/mol. The quantitative estimate of drug-likeness (QED) is 0.753. The van der Waals surface area contributed by atoms with Crippen LogP contribution in [0.1, 0.15) is 37.2 Å². The molecule has 1 saturated heterocycles. The van der Waals surface area contributed by atoms with Crippen molar-refractivity contribution in [2.24, 2.45) is 5.92 Å². The first kappa shape index (κ1) is 19.1.